The first-order chi connectivity index (χ1) is 11.1. The van der Waals surface area contributed by atoms with Gasteiger partial charge in [0.1, 0.15) is 22.7 Å². The van der Waals surface area contributed by atoms with Gasteiger partial charge in [-0.25, -0.2) is 4.98 Å². The third kappa shape index (κ3) is 3.04. The quantitative estimate of drug-likeness (QED) is 0.741. The lowest BCUT2D eigenvalue weighted by molar-refractivity contribution is 0.100. The first-order valence-corrected chi connectivity index (χ1v) is 7.73. The molecule has 116 valence electrons. The Kier molecular flexibility index (Phi) is 4.03. The summed E-state index contributed by atoms with van der Waals surface area (Å²) in [6.07, 6.45) is 0. The normalized spacial score (nSPS) is 10.5. The van der Waals surface area contributed by atoms with E-state index in [1.807, 2.05) is 30.3 Å². The molecule has 0 aliphatic rings. The molecule has 0 aliphatic heterocycles. The Morgan fingerprint density at radius 1 is 1.22 bits per heavy atom. The van der Waals surface area contributed by atoms with Gasteiger partial charge in [-0.15, -0.1) is 11.3 Å². The smallest absolute Gasteiger partial charge is 0.263 e. The van der Waals surface area contributed by atoms with Crippen molar-refractivity contribution in [3.63, 3.8) is 0 Å². The number of anilines is 1. The summed E-state index contributed by atoms with van der Waals surface area (Å²) in [7, 11) is 0. The molecule has 0 saturated carbocycles. The van der Waals surface area contributed by atoms with Crippen molar-refractivity contribution in [3.05, 3.63) is 52.7 Å². The van der Waals surface area contributed by atoms with Crippen LogP contribution in [0.25, 0.3) is 11.3 Å². The third-order valence-corrected chi connectivity index (χ3v) is 3.98. The van der Waals surface area contributed by atoms with Crippen molar-refractivity contribution < 1.29 is 14.1 Å². The maximum atomic E-state index is 12.5. The lowest BCUT2D eigenvalue weighted by Crippen LogP contribution is -2.13. The van der Waals surface area contributed by atoms with E-state index in [2.05, 4.69) is 15.5 Å². The van der Waals surface area contributed by atoms with Crippen LogP contribution in [0, 0.1) is 6.92 Å². The summed E-state index contributed by atoms with van der Waals surface area (Å²) in [6, 6.07) is 9.31. The molecule has 2 aromatic heterocycles. The van der Waals surface area contributed by atoms with Crippen LogP contribution in [0.1, 0.15) is 33.5 Å². The number of hydrogen-bond donors (Lipinski definition) is 1. The van der Waals surface area contributed by atoms with Crippen molar-refractivity contribution in [3.8, 4) is 11.3 Å². The summed E-state index contributed by atoms with van der Waals surface area (Å²) in [5.74, 6) is -0.0929. The van der Waals surface area contributed by atoms with Crippen molar-refractivity contribution in [2.75, 3.05) is 5.32 Å². The first-order valence-electron chi connectivity index (χ1n) is 6.85. The number of rotatable bonds is 4. The molecular weight excluding hydrogens is 314 g/mol. The molecule has 23 heavy (non-hydrogen) atoms. The number of aromatic nitrogens is 2. The Morgan fingerprint density at radius 3 is 2.61 bits per heavy atom. The van der Waals surface area contributed by atoms with Gasteiger partial charge in [-0.2, -0.15) is 0 Å². The molecule has 3 aromatic rings. The van der Waals surface area contributed by atoms with Crippen LogP contribution in [0.15, 0.2) is 40.2 Å². The number of Topliss-reactive ketones (excluding diaryl/α,β-unsaturated/α-hetero) is 1. The molecule has 0 bridgehead atoms. The van der Waals surface area contributed by atoms with E-state index in [0.717, 1.165) is 5.56 Å². The SMILES string of the molecule is CC(=O)c1csc(NC(=O)c2c(-c3ccccc3)noc2C)n1. The number of carbonyl (C=O) groups is 2. The molecule has 0 radical (unpaired) electrons. The van der Waals surface area contributed by atoms with Crippen molar-refractivity contribution in [2.45, 2.75) is 13.8 Å². The molecule has 1 amide bonds. The van der Waals surface area contributed by atoms with Gasteiger partial charge in [0.2, 0.25) is 0 Å². The van der Waals surface area contributed by atoms with Gasteiger partial charge in [0.05, 0.1) is 0 Å². The molecule has 0 unspecified atom stereocenters. The maximum Gasteiger partial charge on any atom is 0.263 e. The largest absolute Gasteiger partial charge is 0.360 e. The minimum Gasteiger partial charge on any atom is -0.360 e. The van der Waals surface area contributed by atoms with E-state index in [0.29, 0.717) is 27.8 Å². The van der Waals surface area contributed by atoms with Crippen LogP contribution in [0.3, 0.4) is 0 Å². The standard InChI is InChI=1S/C16H13N3O3S/c1-9(20)12-8-23-16(17-12)18-15(21)13-10(2)22-19-14(13)11-6-4-3-5-7-11/h3-8H,1-2H3,(H,17,18,21). The van der Waals surface area contributed by atoms with Gasteiger partial charge < -0.3 is 4.52 Å². The highest BCUT2D eigenvalue weighted by atomic mass is 32.1. The van der Waals surface area contributed by atoms with Gasteiger partial charge in [0.25, 0.3) is 5.91 Å². The molecule has 2 heterocycles. The van der Waals surface area contributed by atoms with Crippen LogP contribution in [0.4, 0.5) is 5.13 Å². The van der Waals surface area contributed by atoms with E-state index in [4.69, 9.17) is 4.52 Å². The number of nitrogens with zero attached hydrogens (tertiary/aromatic N) is 2. The molecule has 0 fully saturated rings. The summed E-state index contributed by atoms with van der Waals surface area (Å²) in [5, 5.41) is 8.63. The number of benzene rings is 1. The third-order valence-electron chi connectivity index (χ3n) is 3.22. The topological polar surface area (TPSA) is 85.1 Å². The average molecular weight is 327 g/mol. The summed E-state index contributed by atoms with van der Waals surface area (Å²) >= 11 is 1.20. The molecule has 0 aliphatic carbocycles. The number of ketones is 1. The van der Waals surface area contributed by atoms with Gasteiger partial charge in [0.15, 0.2) is 10.9 Å². The van der Waals surface area contributed by atoms with Gasteiger partial charge in [-0.3, -0.25) is 14.9 Å². The number of aryl methyl sites for hydroxylation is 1. The van der Waals surface area contributed by atoms with E-state index in [1.165, 1.54) is 18.3 Å². The highest BCUT2D eigenvalue weighted by Crippen LogP contribution is 2.26. The summed E-state index contributed by atoms with van der Waals surface area (Å²) in [6.45, 7) is 3.11. The summed E-state index contributed by atoms with van der Waals surface area (Å²) in [5.41, 5.74) is 1.95. The zero-order chi connectivity index (χ0) is 16.4. The zero-order valence-corrected chi connectivity index (χ0v) is 13.3. The minimum atomic E-state index is -0.368. The molecule has 1 N–H and O–H groups in total. The second-order valence-electron chi connectivity index (χ2n) is 4.88. The molecule has 0 atom stereocenters. The van der Waals surface area contributed by atoms with Gasteiger partial charge in [0, 0.05) is 17.9 Å². The predicted molar refractivity (Wildman–Crippen MR) is 86.7 cm³/mol. The molecule has 1 aromatic carbocycles. The summed E-state index contributed by atoms with van der Waals surface area (Å²) < 4.78 is 5.17. The number of hydrogen-bond acceptors (Lipinski definition) is 6. The Morgan fingerprint density at radius 2 is 1.96 bits per heavy atom. The second kappa shape index (κ2) is 6.13. The van der Waals surface area contributed by atoms with Crippen LogP contribution in [0.5, 0.6) is 0 Å². The fourth-order valence-electron chi connectivity index (χ4n) is 2.09. The molecule has 0 saturated heterocycles. The van der Waals surface area contributed by atoms with Crippen LogP contribution >= 0.6 is 11.3 Å². The fraction of sp³-hybridized carbons (Fsp3) is 0.125. The van der Waals surface area contributed by atoms with Crippen molar-refractivity contribution in [1.82, 2.24) is 10.1 Å². The van der Waals surface area contributed by atoms with E-state index in [-0.39, 0.29) is 11.7 Å². The lowest BCUT2D eigenvalue weighted by Gasteiger charge is -2.02. The zero-order valence-electron chi connectivity index (χ0n) is 12.5. The Hall–Kier alpha value is -2.80. The molecule has 7 heteroatoms. The lowest BCUT2D eigenvalue weighted by atomic mass is 10.1. The number of amides is 1. The van der Waals surface area contributed by atoms with Crippen molar-refractivity contribution >= 4 is 28.2 Å². The van der Waals surface area contributed by atoms with Crippen LogP contribution < -0.4 is 5.32 Å². The fourth-order valence-corrected chi connectivity index (χ4v) is 2.83. The Balaban J connectivity index is 1.90. The Labute approximate surface area is 136 Å². The first kappa shape index (κ1) is 15.1. The predicted octanol–water partition coefficient (Wildman–Crippen LogP) is 3.56. The van der Waals surface area contributed by atoms with Crippen LogP contribution in [0.2, 0.25) is 0 Å². The Bertz CT molecular complexity index is 868. The number of nitrogens with one attached hydrogen (secondary N) is 1. The highest BCUT2D eigenvalue weighted by molar-refractivity contribution is 7.14. The second-order valence-corrected chi connectivity index (χ2v) is 5.73. The van der Waals surface area contributed by atoms with E-state index in [1.54, 1.807) is 12.3 Å². The van der Waals surface area contributed by atoms with E-state index in [9.17, 15) is 9.59 Å². The minimum absolute atomic E-state index is 0.145. The van der Waals surface area contributed by atoms with Crippen molar-refractivity contribution in [1.29, 1.82) is 0 Å². The average Bonchev–Trinajstić information content (AvgIpc) is 3.15. The van der Waals surface area contributed by atoms with Gasteiger partial charge in [-0.1, -0.05) is 35.5 Å². The molecular formula is C16H13N3O3S. The number of carbonyl (C=O) groups excluding carboxylic acids is 2. The summed E-state index contributed by atoms with van der Waals surface area (Å²) in [4.78, 5) is 27.9. The molecule has 0 spiro atoms. The van der Waals surface area contributed by atoms with Gasteiger partial charge >= 0.3 is 0 Å². The molecule has 3 rings (SSSR count). The van der Waals surface area contributed by atoms with Crippen LogP contribution in [-0.2, 0) is 0 Å². The monoisotopic (exact) mass is 327 g/mol. The maximum absolute atomic E-state index is 12.5. The van der Waals surface area contributed by atoms with E-state index >= 15 is 0 Å². The molecule has 6 nitrogen and oxygen atoms in total. The van der Waals surface area contributed by atoms with E-state index < -0.39 is 0 Å². The van der Waals surface area contributed by atoms with Crippen molar-refractivity contribution in [2.24, 2.45) is 0 Å². The van der Waals surface area contributed by atoms with Crippen LogP contribution in [-0.4, -0.2) is 21.8 Å². The highest BCUT2D eigenvalue weighted by Gasteiger charge is 2.22. The van der Waals surface area contributed by atoms with Gasteiger partial charge in [-0.05, 0) is 6.92 Å². The number of thiazole rings is 1.